The summed E-state index contributed by atoms with van der Waals surface area (Å²) in [6.07, 6.45) is 0.565. The predicted molar refractivity (Wildman–Crippen MR) is 101 cm³/mol. The van der Waals surface area contributed by atoms with E-state index in [1.807, 2.05) is 42.2 Å². The van der Waals surface area contributed by atoms with Gasteiger partial charge in [0.15, 0.2) is 5.78 Å². The van der Waals surface area contributed by atoms with E-state index in [1.165, 1.54) is 11.3 Å². The lowest BCUT2D eigenvalue weighted by atomic mass is 10.0. The molecule has 132 valence electrons. The minimum Gasteiger partial charge on any atom is -0.333 e. The first kappa shape index (κ1) is 17.8. The average Bonchev–Trinajstić information content (AvgIpc) is 3.06. The minimum atomic E-state index is 0.0616. The van der Waals surface area contributed by atoms with Gasteiger partial charge in [-0.3, -0.25) is 9.59 Å². The van der Waals surface area contributed by atoms with Gasteiger partial charge in [-0.25, -0.2) is 0 Å². The molecule has 2 aromatic rings. The maximum absolute atomic E-state index is 12.8. The minimum absolute atomic E-state index is 0.0616. The first-order valence-electron chi connectivity index (χ1n) is 8.67. The third kappa shape index (κ3) is 4.35. The monoisotopic (exact) mass is 356 g/mol. The van der Waals surface area contributed by atoms with Gasteiger partial charge in [-0.2, -0.15) is 0 Å². The van der Waals surface area contributed by atoms with Gasteiger partial charge in [0.1, 0.15) is 0 Å². The van der Waals surface area contributed by atoms with Crippen molar-refractivity contribution in [3.8, 4) is 0 Å². The van der Waals surface area contributed by atoms with E-state index in [4.69, 9.17) is 0 Å². The molecule has 0 bridgehead atoms. The molecular weight excluding hydrogens is 332 g/mol. The maximum atomic E-state index is 12.8. The summed E-state index contributed by atoms with van der Waals surface area (Å²) in [6, 6.07) is 14.0. The van der Waals surface area contributed by atoms with Gasteiger partial charge in [0, 0.05) is 37.4 Å². The van der Waals surface area contributed by atoms with Gasteiger partial charge in [0.2, 0.25) is 5.91 Å². The summed E-state index contributed by atoms with van der Waals surface area (Å²) < 4.78 is 0. The highest BCUT2D eigenvalue weighted by atomic mass is 32.1. The van der Waals surface area contributed by atoms with Crippen LogP contribution >= 0.6 is 11.3 Å². The normalized spacial score (nSPS) is 18.3. The standard InChI is InChI=1S/C20H24N2O2S/c1-15-8-10-19(25-15)18(23)9-11-20(24)22-13-12-21(2)14-17(22)16-6-4-3-5-7-16/h3-8,10,17H,9,11-14H2,1-2H3/t17-/m1/s1. The van der Waals surface area contributed by atoms with E-state index < -0.39 is 0 Å². The molecule has 1 amide bonds. The number of rotatable bonds is 5. The van der Waals surface area contributed by atoms with E-state index in [0.717, 1.165) is 28.4 Å². The molecule has 1 saturated heterocycles. The van der Waals surface area contributed by atoms with Crippen LogP contribution in [0.25, 0.3) is 0 Å². The number of likely N-dealkylation sites (N-methyl/N-ethyl adjacent to an activating group) is 1. The molecule has 0 unspecified atom stereocenters. The number of carbonyl (C=O) groups is 2. The summed E-state index contributed by atoms with van der Waals surface area (Å²) in [6.45, 7) is 4.39. The molecular formula is C20H24N2O2S. The highest BCUT2D eigenvalue weighted by Gasteiger charge is 2.30. The van der Waals surface area contributed by atoms with Crippen LogP contribution in [-0.2, 0) is 4.79 Å². The van der Waals surface area contributed by atoms with Gasteiger partial charge in [-0.1, -0.05) is 30.3 Å². The van der Waals surface area contributed by atoms with Gasteiger partial charge < -0.3 is 9.80 Å². The second kappa shape index (κ2) is 7.93. The molecule has 1 fully saturated rings. The van der Waals surface area contributed by atoms with Crippen molar-refractivity contribution in [2.45, 2.75) is 25.8 Å². The molecule has 0 spiro atoms. The first-order chi connectivity index (χ1) is 12.0. The second-order valence-electron chi connectivity index (χ2n) is 6.61. The Labute approximate surface area is 153 Å². The van der Waals surface area contributed by atoms with Crippen LogP contribution in [-0.4, -0.2) is 48.2 Å². The topological polar surface area (TPSA) is 40.6 Å². The Hall–Kier alpha value is -1.98. The van der Waals surface area contributed by atoms with Crippen molar-refractivity contribution in [2.75, 3.05) is 26.7 Å². The molecule has 0 N–H and O–H groups in total. The number of benzene rings is 1. The van der Waals surface area contributed by atoms with Gasteiger partial charge in [0.05, 0.1) is 10.9 Å². The largest absolute Gasteiger partial charge is 0.333 e. The fourth-order valence-electron chi connectivity index (χ4n) is 3.25. The third-order valence-electron chi connectivity index (χ3n) is 4.67. The number of thiophene rings is 1. The Morgan fingerprint density at radius 2 is 1.84 bits per heavy atom. The molecule has 0 saturated carbocycles. The number of nitrogens with zero attached hydrogens (tertiary/aromatic N) is 2. The summed E-state index contributed by atoms with van der Waals surface area (Å²) in [5.74, 6) is 0.139. The highest BCUT2D eigenvalue weighted by Crippen LogP contribution is 2.26. The zero-order chi connectivity index (χ0) is 17.8. The van der Waals surface area contributed by atoms with Crippen LogP contribution in [0.15, 0.2) is 42.5 Å². The fraction of sp³-hybridized carbons (Fsp3) is 0.400. The molecule has 2 heterocycles. The lowest BCUT2D eigenvalue weighted by Crippen LogP contribution is -2.49. The Morgan fingerprint density at radius 3 is 2.52 bits per heavy atom. The number of piperazine rings is 1. The van der Waals surface area contributed by atoms with Crippen LogP contribution in [0.5, 0.6) is 0 Å². The summed E-state index contributed by atoms with van der Waals surface area (Å²) >= 11 is 1.50. The van der Waals surface area contributed by atoms with Crippen LogP contribution < -0.4 is 0 Å². The molecule has 1 aromatic heterocycles. The number of aryl methyl sites for hydroxylation is 1. The molecule has 4 nitrogen and oxygen atoms in total. The summed E-state index contributed by atoms with van der Waals surface area (Å²) in [7, 11) is 2.08. The van der Waals surface area contributed by atoms with Crippen LogP contribution in [0.1, 0.15) is 39.0 Å². The molecule has 0 aliphatic carbocycles. The number of amides is 1. The van der Waals surface area contributed by atoms with Crippen molar-refractivity contribution in [2.24, 2.45) is 0 Å². The molecule has 25 heavy (non-hydrogen) atoms. The molecule has 1 aliphatic heterocycles. The molecule has 3 rings (SSSR count). The van der Waals surface area contributed by atoms with E-state index in [2.05, 4.69) is 24.1 Å². The van der Waals surface area contributed by atoms with Crippen LogP contribution in [0.3, 0.4) is 0 Å². The number of Topliss-reactive ketones (excluding diaryl/α,β-unsaturated/α-hetero) is 1. The second-order valence-corrected chi connectivity index (χ2v) is 7.90. The first-order valence-corrected chi connectivity index (χ1v) is 9.49. The smallest absolute Gasteiger partial charge is 0.223 e. The molecule has 1 atom stereocenters. The van der Waals surface area contributed by atoms with E-state index in [1.54, 1.807) is 0 Å². The zero-order valence-electron chi connectivity index (χ0n) is 14.8. The number of carbonyl (C=O) groups excluding carboxylic acids is 2. The molecule has 5 heteroatoms. The van der Waals surface area contributed by atoms with E-state index in [-0.39, 0.29) is 30.6 Å². The van der Waals surface area contributed by atoms with Crippen LogP contribution in [0.2, 0.25) is 0 Å². The Bertz CT molecular complexity index is 741. The number of hydrogen-bond donors (Lipinski definition) is 0. The van der Waals surface area contributed by atoms with Gasteiger partial charge >= 0.3 is 0 Å². The fourth-order valence-corrected chi connectivity index (χ4v) is 4.09. The maximum Gasteiger partial charge on any atom is 0.223 e. The highest BCUT2D eigenvalue weighted by molar-refractivity contribution is 7.14. The zero-order valence-corrected chi connectivity index (χ0v) is 15.6. The lowest BCUT2D eigenvalue weighted by Gasteiger charge is -2.40. The Morgan fingerprint density at radius 1 is 1.08 bits per heavy atom. The summed E-state index contributed by atoms with van der Waals surface area (Å²) in [5.41, 5.74) is 1.16. The number of ketones is 1. The lowest BCUT2D eigenvalue weighted by molar-refractivity contribution is -0.136. The molecule has 1 aliphatic rings. The van der Waals surface area contributed by atoms with E-state index in [0.29, 0.717) is 6.54 Å². The van der Waals surface area contributed by atoms with Crippen molar-refractivity contribution in [3.05, 3.63) is 57.8 Å². The van der Waals surface area contributed by atoms with E-state index >= 15 is 0 Å². The quantitative estimate of drug-likeness (QED) is 0.770. The van der Waals surface area contributed by atoms with Crippen molar-refractivity contribution < 1.29 is 9.59 Å². The SMILES string of the molecule is Cc1ccc(C(=O)CCC(=O)N2CCN(C)C[C@@H]2c2ccccc2)s1. The van der Waals surface area contributed by atoms with Gasteiger partial charge in [-0.15, -0.1) is 11.3 Å². The van der Waals surface area contributed by atoms with Crippen molar-refractivity contribution in [1.82, 2.24) is 9.80 Å². The Balaban J connectivity index is 1.66. The summed E-state index contributed by atoms with van der Waals surface area (Å²) in [5, 5.41) is 0. The summed E-state index contributed by atoms with van der Waals surface area (Å²) in [4.78, 5) is 31.1. The van der Waals surface area contributed by atoms with Crippen molar-refractivity contribution >= 4 is 23.0 Å². The van der Waals surface area contributed by atoms with Crippen molar-refractivity contribution in [1.29, 1.82) is 0 Å². The van der Waals surface area contributed by atoms with Crippen LogP contribution in [0.4, 0.5) is 0 Å². The number of hydrogen-bond acceptors (Lipinski definition) is 4. The van der Waals surface area contributed by atoms with Crippen molar-refractivity contribution in [3.63, 3.8) is 0 Å². The third-order valence-corrected chi connectivity index (χ3v) is 5.71. The molecule has 1 aromatic carbocycles. The Kier molecular flexibility index (Phi) is 5.66. The van der Waals surface area contributed by atoms with E-state index in [9.17, 15) is 9.59 Å². The van der Waals surface area contributed by atoms with Crippen LogP contribution in [0, 0.1) is 6.92 Å². The van der Waals surface area contributed by atoms with Gasteiger partial charge in [-0.05, 0) is 31.7 Å². The average molecular weight is 356 g/mol. The van der Waals surface area contributed by atoms with Gasteiger partial charge in [0.25, 0.3) is 0 Å². The molecule has 0 radical (unpaired) electrons. The predicted octanol–water partition coefficient (Wildman–Crippen LogP) is 3.53.